The summed E-state index contributed by atoms with van der Waals surface area (Å²) in [6, 6.07) is 11.0. The summed E-state index contributed by atoms with van der Waals surface area (Å²) in [6.07, 6.45) is 4.16. The number of halogens is 1. The van der Waals surface area contributed by atoms with Crippen LogP contribution in [0.15, 0.2) is 41.0 Å². The Hall–Kier alpha value is -1.62. The summed E-state index contributed by atoms with van der Waals surface area (Å²) in [7, 11) is 1.62. The van der Waals surface area contributed by atoms with Gasteiger partial charge in [0.15, 0.2) is 0 Å². The fraction of sp³-hybridized carbons (Fsp3) is 0.333. The molecule has 1 aromatic heterocycles. The van der Waals surface area contributed by atoms with E-state index in [9.17, 15) is 0 Å². The molecule has 1 aliphatic carbocycles. The molecule has 0 radical (unpaired) electrons. The van der Waals surface area contributed by atoms with Crippen molar-refractivity contribution in [3.05, 3.63) is 46.6 Å². The first kappa shape index (κ1) is 13.4. The average Bonchev–Trinajstić information content (AvgIpc) is 3.31. The van der Waals surface area contributed by atoms with Gasteiger partial charge in [-0.2, -0.15) is 4.98 Å². The molecule has 0 spiro atoms. The monoisotopic (exact) mass is 333 g/mol. The zero-order valence-corrected chi connectivity index (χ0v) is 12.9. The number of ether oxygens (including phenoxy) is 1. The fourth-order valence-corrected chi connectivity index (χ4v) is 2.51. The molecular formula is C15H16BrN3O. The highest BCUT2D eigenvalue weighted by Gasteiger charge is 2.31. The molecule has 1 saturated carbocycles. The third-order valence-electron chi connectivity index (χ3n) is 3.33. The van der Waals surface area contributed by atoms with Gasteiger partial charge in [0, 0.05) is 12.6 Å². The van der Waals surface area contributed by atoms with Crippen molar-refractivity contribution in [2.75, 3.05) is 12.0 Å². The van der Waals surface area contributed by atoms with E-state index in [0.717, 1.165) is 17.0 Å². The van der Waals surface area contributed by atoms with E-state index in [0.29, 0.717) is 11.9 Å². The highest BCUT2D eigenvalue weighted by atomic mass is 79.9. The van der Waals surface area contributed by atoms with Crippen molar-refractivity contribution in [2.24, 2.45) is 0 Å². The zero-order valence-electron chi connectivity index (χ0n) is 11.3. The third-order valence-corrected chi connectivity index (χ3v) is 3.88. The van der Waals surface area contributed by atoms with Crippen LogP contribution in [0.1, 0.15) is 18.4 Å². The fourth-order valence-electron chi connectivity index (χ4n) is 2.15. The van der Waals surface area contributed by atoms with Crippen molar-refractivity contribution in [2.45, 2.75) is 25.4 Å². The second-order valence-corrected chi connectivity index (χ2v) is 5.73. The van der Waals surface area contributed by atoms with E-state index in [-0.39, 0.29) is 0 Å². The molecule has 0 unspecified atom stereocenters. The maximum Gasteiger partial charge on any atom is 0.232 e. The molecule has 1 aliphatic rings. The highest BCUT2D eigenvalue weighted by Crippen LogP contribution is 2.33. The first-order chi connectivity index (χ1) is 9.78. The van der Waals surface area contributed by atoms with Crippen molar-refractivity contribution >= 4 is 21.9 Å². The van der Waals surface area contributed by atoms with E-state index >= 15 is 0 Å². The number of nitrogens with zero attached hydrogens (tertiary/aromatic N) is 3. The Labute approximate surface area is 126 Å². The van der Waals surface area contributed by atoms with E-state index in [1.807, 2.05) is 6.07 Å². The Morgan fingerprint density at radius 2 is 2.05 bits per heavy atom. The average molecular weight is 334 g/mol. The summed E-state index contributed by atoms with van der Waals surface area (Å²) in [6.45, 7) is 0.830. The van der Waals surface area contributed by atoms with Crippen LogP contribution < -0.4 is 9.64 Å². The molecule has 1 heterocycles. The lowest BCUT2D eigenvalue weighted by Crippen LogP contribution is -2.27. The van der Waals surface area contributed by atoms with E-state index < -0.39 is 0 Å². The first-order valence-corrected chi connectivity index (χ1v) is 7.44. The summed E-state index contributed by atoms with van der Waals surface area (Å²) in [5.41, 5.74) is 1.27. The van der Waals surface area contributed by atoms with Gasteiger partial charge in [-0.1, -0.05) is 30.3 Å². The number of rotatable bonds is 5. The maximum atomic E-state index is 5.26. The van der Waals surface area contributed by atoms with Gasteiger partial charge in [-0.25, -0.2) is 4.98 Å². The zero-order chi connectivity index (χ0) is 13.9. The predicted octanol–water partition coefficient (Wildman–Crippen LogP) is 3.42. The minimum Gasteiger partial charge on any atom is -0.480 e. The number of aromatic nitrogens is 2. The number of hydrogen-bond acceptors (Lipinski definition) is 4. The second kappa shape index (κ2) is 5.79. The Bertz CT molecular complexity index is 587. The van der Waals surface area contributed by atoms with Gasteiger partial charge in [0.2, 0.25) is 11.8 Å². The van der Waals surface area contributed by atoms with Crippen LogP contribution >= 0.6 is 15.9 Å². The largest absolute Gasteiger partial charge is 0.480 e. The Balaban J connectivity index is 1.87. The molecule has 3 rings (SSSR count). The van der Waals surface area contributed by atoms with Crippen molar-refractivity contribution in [3.8, 4) is 5.88 Å². The molecule has 2 aromatic rings. The summed E-state index contributed by atoms with van der Waals surface area (Å²) in [5.74, 6) is 1.31. The highest BCUT2D eigenvalue weighted by molar-refractivity contribution is 9.10. The lowest BCUT2D eigenvalue weighted by molar-refractivity contribution is 0.393. The quantitative estimate of drug-likeness (QED) is 0.840. The molecule has 0 bridgehead atoms. The van der Waals surface area contributed by atoms with Crippen LogP contribution in [0.2, 0.25) is 0 Å². The van der Waals surface area contributed by atoms with Crippen LogP contribution in [-0.4, -0.2) is 23.1 Å². The lowest BCUT2D eigenvalue weighted by Gasteiger charge is -2.22. The number of methoxy groups -OCH3 is 1. The van der Waals surface area contributed by atoms with E-state index in [2.05, 4.69) is 55.1 Å². The van der Waals surface area contributed by atoms with Crippen LogP contribution in [0, 0.1) is 0 Å². The molecule has 0 amide bonds. The Kier molecular flexibility index (Phi) is 3.87. The smallest absolute Gasteiger partial charge is 0.232 e. The third kappa shape index (κ3) is 2.93. The van der Waals surface area contributed by atoms with Gasteiger partial charge < -0.3 is 9.64 Å². The standard InChI is InChI=1S/C15H16BrN3O/c1-20-14-13(16)9-17-15(18-14)19(12-7-8-12)10-11-5-3-2-4-6-11/h2-6,9,12H,7-8,10H2,1H3. The number of hydrogen-bond donors (Lipinski definition) is 0. The Morgan fingerprint density at radius 1 is 1.30 bits per heavy atom. The Morgan fingerprint density at radius 3 is 2.70 bits per heavy atom. The molecule has 1 aromatic carbocycles. The van der Waals surface area contributed by atoms with Crippen LogP contribution in [-0.2, 0) is 6.54 Å². The summed E-state index contributed by atoms with van der Waals surface area (Å²) < 4.78 is 6.04. The van der Waals surface area contributed by atoms with Crippen molar-refractivity contribution in [3.63, 3.8) is 0 Å². The molecule has 104 valence electrons. The van der Waals surface area contributed by atoms with Crippen LogP contribution in [0.4, 0.5) is 5.95 Å². The number of anilines is 1. The van der Waals surface area contributed by atoms with Gasteiger partial charge in [0.1, 0.15) is 0 Å². The predicted molar refractivity (Wildman–Crippen MR) is 81.9 cm³/mol. The minimum absolute atomic E-state index is 0.543. The first-order valence-electron chi connectivity index (χ1n) is 6.65. The van der Waals surface area contributed by atoms with Gasteiger partial charge in [0.05, 0.1) is 17.8 Å². The van der Waals surface area contributed by atoms with Crippen LogP contribution in [0.3, 0.4) is 0 Å². The van der Waals surface area contributed by atoms with Gasteiger partial charge in [-0.05, 0) is 34.3 Å². The van der Waals surface area contributed by atoms with Crippen molar-refractivity contribution in [1.82, 2.24) is 9.97 Å². The second-order valence-electron chi connectivity index (χ2n) is 4.87. The topological polar surface area (TPSA) is 38.2 Å². The summed E-state index contributed by atoms with van der Waals surface area (Å²) >= 11 is 3.39. The minimum atomic E-state index is 0.543. The molecule has 5 heteroatoms. The van der Waals surface area contributed by atoms with Gasteiger partial charge in [-0.15, -0.1) is 0 Å². The van der Waals surface area contributed by atoms with Crippen LogP contribution in [0.25, 0.3) is 0 Å². The summed E-state index contributed by atoms with van der Waals surface area (Å²) in [5, 5.41) is 0. The molecule has 0 atom stereocenters. The molecule has 20 heavy (non-hydrogen) atoms. The normalized spacial score (nSPS) is 14.1. The van der Waals surface area contributed by atoms with Gasteiger partial charge in [-0.3, -0.25) is 0 Å². The maximum absolute atomic E-state index is 5.26. The molecular weight excluding hydrogens is 318 g/mol. The summed E-state index contributed by atoms with van der Waals surface area (Å²) in [4.78, 5) is 11.2. The van der Waals surface area contributed by atoms with E-state index in [1.54, 1.807) is 13.3 Å². The van der Waals surface area contributed by atoms with E-state index in [4.69, 9.17) is 4.74 Å². The molecule has 1 fully saturated rings. The lowest BCUT2D eigenvalue weighted by atomic mass is 10.2. The molecule has 0 N–H and O–H groups in total. The molecule has 4 nitrogen and oxygen atoms in total. The van der Waals surface area contributed by atoms with E-state index in [1.165, 1.54) is 18.4 Å². The SMILES string of the molecule is COc1nc(N(Cc2ccccc2)C2CC2)ncc1Br. The van der Waals surface area contributed by atoms with Crippen molar-refractivity contribution in [1.29, 1.82) is 0 Å². The molecule has 0 aliphatic heterocycles. The van der Waals surface area contributed by atoms with Gasteiger partial charge >= 0.3 is 0 Å². The van der Waals surface area contributed by atoms with Crippen molar-refractivity contribution < 1.29 is 4.74 Å². The van der Waals surface area contributed by atoms with Crippen LogP contribution in [0.5, 0.6) is 5.88 Å². The number of benzene rings is 1. The van der Waals surface area contributed by atoms with Gasteiger partial charge in [0.25, 0.3) is 0 Å². The molecule has 0 saturated heterocycles.